The molecule has 0 spiro atoms. The molecule has 0 amide bonds. The Labute approximate surface area is 167 Å². The highest BCUT2D eigenvalue weighted by molar-refractivity contribution is 5.63. The van der Waals surface area contributed by atoms with Gasteiger partial charge in [0, 0.05) is 36.8 Å². The van der Waals surface area contributed by atoms with Crippen LogP contribution in [0, 0.1) is 11.8 Å². The molecule has 4 aromatic heterocycles. The van der Waals surface area contributed by atoms with E-state index in [0.29, 0.717) is 11.6 Å². The third-order valence-electron chi connectivity index (χ3n) is 4.57. The van der Waals surface area contributed by atoms with E-state index in [2.05, 4.69) is 31.9 Å². The third-order valence-corrected chi connectivity index (χ3v) is 4.57. The van der Waals surface area contributed by atoms with Crippen LogP contribution in [0.5, 0.6) is 0 Å². The highest BCUT2D eigenvalue weighted by Gasteiger charge is 2.08. The van der Waals surface area contributed by atoms with Gasteiger partial charge < -0.3 is 4.57 Å². The monoisotopic (exact) mass is 376 g/mol. The van der Waals surface area contributed by atoms with Gasteiger partial charge in [0.25, 0.3) is 0 Å². The van der Waals surface area contributed by atoms with E-state index in [-0.39, 0.29) is 0 Å². The summed E-state index contributed by atoms with van der Waals surface area (Å²) in [6.45, 7) is 0. The zero-order valence-corrected chi connectivity index (χ0v) is 15.7. The minimum absolute atomic E-state index is 0.454. The van der Waals surface area contributed by atoms with Gasteiger partial charge in [0.15, 0.2) is 11.5 Å². The summed E-state index contributed by atoms with van der Waals surface area (Å²) in [7, 11) is 1.93. The van der Waals surface area contributed by atoms with Gasteiger partial charge in [-0.3, -0.25) is 4.98 Å². The van der Waals surface area contributed by atoms with E-state index in [1.165, 1.54) is 0 Å². The minimum Gasteiger partial charge on any atom is -0.327 e. The van der Waals surface area contributed by atoms with E-state index in [1.807, 2.05) is 78.5 Å². The van der Waals surface area contributed by atoms with Crippen molar-refractivity contribution in [3.05, 3.63) is 90.9 Å². The van der Waals surface area contributed by atoms with Crippen molar-refractivity contribution < 1.29 is 0 Å². The van der Waals surface area contributed by atoms with Crippen molar-refractivity contribution in [1.82, 2.24) is 29.1 Å². The molecule has 0 radical (unpaired) electrons. The molecule has 0 N–H and O–H groups in total. The first kappa shape index (κ1) is 16.9. The molecule has 1 aromatic carbocycles. The Balaban J connectivity index is 1.51. The van der Waals surface area contributed by atoms with Gasteiger partial charge in [0.2, 0.25) is 5.82 Å². The van der Waals surface area contributed by atoms with Crippen LogP contribution in [0.3, 0.4) is 0 Å². The van der Waals surface area contributed by atoms with E-state index >= 15 is 0 Å². The van der Waals surface area contributed by atoms with Gasteiger partial charge in [-0.25, -0.2) is 9.50 Å². The zero-order valence-electron chi connectivity index (χ0n) is 15.7. The molecule has 6 nitrogen and oxygen atoms in total. The maximum Gasteiger partial charge on any atom is 0.226 e. The average Bonchev–Trinajstić information content (AvgIpc) is 3.36. The number of hydrogen-bond donors (Lipinski definition) is 0. The van der Waals surface area contributed by atoms with E-state index in [1.54, 1.807) is 16.9 Å². The van der Waals surface area contributed by atoms with Crippen LogP contribution in [0.1, 0.15) is 11.6 Å². The van der Waals surface area contributed by atoms with Crippen molar-refractivity contribution in [2.75, 3.05) is 0 Å². The molecule has 5 rings (SSSR count). The van der Waals surface area contributed by atoms with Crippen molar-refractivity contribution in [2.24, 2.45) is 7.05 Å². The summed E-state index contributed by atoms with van der Waals surface area (Å²) in [6, 6.07) is 19.8. The van der Waals surface area contributed by atoms with E-state index in [0.717, 1.165) is 28.2 Å². The Morgan fingerprint density at radius 2 is 1.62 bits per heavy atom. The van der Waals surface area contributed by atoms with Crippen molar-refractivity contribution in [2.45, 2.75) is 0 Å². The van der Waals surface area contributed by atoms with Crippen LogP contribution < -0.4 is 0 Å². The Bertz CT molecular complexity index is 1350. The van der Waals surface area contributed by atoms with Gasteiger partial charge in [0.05, 0.1) is 11.4 Å². The molecule has 0 fully saturated rings. The van der Waals surface area contributed by atoms with Gasteiger partial charge >= 0.3 is 0 Å². The highest BCUT2D eigenvalue weighted by atomic mass is 15.3. The normalized spacial score (nSPS) is 10.7. The smallest absolute Gasteiger partial charge is 0.226 e. The Kier molecular flexibility index (Phi) is 4.11. The van der Waals surface area contributed by atoms with Gasteiger partial charge in [-0.2, -0.15) is 4.98 Å². The molecule has 5 aromatic rings. The molecule has 0 aliphatic rings. The van der Waals surface area contributed by atoms with Gasteiger partial charge in [-0.15, -0.1) is 5.10 Å². The van der Waals surface area contributed by atoms with Gasteiger partial charge in [-0.05, 0) is 36.1 Å². The van der Waals surface area contributed by atoms with Crippen LogP contribution in [0.4, 0.5) is 0 Å². The van der Waals surface area contributed by atoms with Crippen molar-refractivity contribution >= 4 is 5.65 Å². The van der Waals surface area contributed by atoms with Crippen LogP contribution in [0.2, 0.25) is 0 Å². The number of pyridine rings is 2. The largest absolute Gasteiger partial charge is 0.327 e. The lowest BCUT2D eigenvalue weighted by Crippen LogP contribution is -1.94. The number of nitrogens with zero attached hydrogens (tertiary/aromatic N) is 6. The molecule has 0 saturated carbocycles. The maximum absolute atomic E-state index is 4.63. The van der Waals surface area contributed by atoms with Crippen molar-refractivity contribution in [3.63, 3.8) is 0 Å². The first-order valence-corrected chi connectivity index (χ1v) is 9.15. The maximum atomic E-state index is 4.63. The fourth-order valence-corrected chi connectivity index (χ4v) is 3.14. The molecule has 0 aliphatic heterocycles. The zero-order chi connectivity index (χ0) is 19.6. The molecule has 0 atom stereocenters. The number of aromatic nitrogens is 6. The second-order valence-corrected chi connectivity index (χ2v) is 6.53. The molecule has 0 aliphatic carbocycles. The highest BCUT2D eigenvalue weighted by Crippen LogP contribution is 2.19. The van der Waals surface area contributed by atoms with E-state index in [9.17, 15) is 0 Å². The van der Waals surface area contributed by atoms with Crippen LogP contribution in [0.15, 0.2) is 79.3 Å². The standard InChI is InChI=1S/C23H16N6/c1-28-16-19(17-6-3-2-4-7-17)25-22(28)11-10-21-26-23-9-5-8-20(29(23)27-21)18-12-14-24-15-13-18/h2-9,12-16H,1H3. The predicted molar refractivity (Wildman–Crippen MR) is 111 cm³/mol. The van der Waals surface area contributed by atoms with E-state index < -0.39 is 0 Å². The lowest BCUT2D eigenvalue weighted by atomic mass is 10.2. The summed E-state index contributed by atoms with van der Waals surface area (Å²) >= 11 is 0. The number of hydrogen-bond acceptors (Lipinski definition) is 4. The summed E-state index contributed by atoms with van der Waals surface area (Å²) in [5.41, 5.74) is 4.65. The molecular formula is C23H16N6. The number of benzene rings is 1. The minimum atomic E-state index is 0.454. The fourth-order valence-electron chi connectivity index (χ4n) is 3.14. The van der Waals surface area contributed by atoms with E-state index in [4.69, 9.17) is 0 Å². The topological polar surface area (TPSA) is 60.9 Å². The average molecular weight is 376 g/mol. The predicted octanol–water partition coefficient (Wildman–Crippen LogP) is 3.59. The number of fused-ring (bicyclic) bond motifs is 1. The summed E-state index contributed by atoms with van der Waals surface area (Å²) in [6.07, 6.45) is 5.49. The Morgan fingerprint density at radius 1 is 0.793 bits per heavy atom. The Morgan fingerprint density at radius 3 is 2.45 bits per heavy atom. The number of aryl methyl sites for hydroxylation is 1. The number of imidazole rings is 1. The molecule has 4 heterocycles. The molecule has 0 bridgehead atoms. The third kappa shape index (κ3) is 3.26. The SMILES string of the molecule is Cn1cc(-c2ccccc2)nc1C#Cc1nc2cccc(-c3ccncc3)n2n1. The Hall–Kier alpha value is -4.24. The molecule has 6 heteroatoms. The molecule has 0 saturated heterocycles. The molecular weight excluding hydrogens is 360 g/mol. The lowest BCUT2D eigenvalue weighted by Gasteiger charge is -2.02. The lowest BCUT2D eigenvalue weighted by molar-refractivity contribution is 0.893. The van der Waals surface area contributed by atoms with Crippen LogP contribution in [-0.2, 0) is 7.05 Å². The summed E-state index contributed by atoms with van der Waals surface area (Å²) in [4.78, 5) is 13.2. The summed E-state index contributed by atoms with van der Waals surface area (Å²) in [5.74, 6) is 7.26. The second kappa shape index (κ2) is 7.06. The van der Waals surface area contributed by atoms with Crippen LogP contribution in [0.25, 0.3) is 28.2 Å². The first-order valence-electron chi connectivity index (χ1n) is 9.15. The molecule has 138 valence electrons. The van der Waals surface area contributed by atoms with Crippen LogP contribution >= 0.6 is 0 Å². The molecule has 0 unspecified atom stereocenters. The number of rotatable bonds is 2. The quantitative estimate of drug-likeness (QED) is 0.442. The van der Waals surface area contributed by atoms with Crippen molar-refractivity contribution in [3.8, 4) is 34.4 Å². The first-order chi connectivity index (χ1) is 14.3. The van der Waals surface area contributed by atoms with Gasteiger partial charge in [0.1, 0.15) is 0 Å². The van der Waals surface area contributed by atoms with Gasteiger partial charge in [-0.1, -0.05) is 36.4 Å². The van der Waals surface area contributed by atoms with Crippen LogP contribution in [-0.4, -0.2) is 29.1 Å². The molecule has 29 heavy (non-hydrogen) atoms. The van der Waals surface area contributed by atoms with Crippen molar-refractivity contribution in [1.29, 1.82) is 0 Å². The summed E-state index contributed by atoms with van der Waals surface area (Å²) in [5, 5.41) is 4.57. The fraction of sp³-hybridized carbons (Fsp3) is 0.0435. The second-order valence-electron chi connectivity index (χ2n) is 6.53. The summed E-state index contributed by atoms with van der Waals surface area (Å²) < 4.78 is 3.71.